The number of aryl methyl sites for hydroxylation is 1. The van der Waals surface area contributed by atoms with Gasteiger partial charge in [0.15, 0.2) is 5.82 Å². The molecule has 1 aromatic rings. The Kier molecular flexibility index (Phi) is 4.61. The largest absolute Gasteiger partial charge is 0.396 e. The molecule has 1 saturated heterocycles. The molecular weight excluding hydrogens is 238 g/mol. The quantitative estimate of drug-likeness (QED) is 0.864. The molecule has 5 nitrogen and oxygen atoms in total. The number of nitrogen functional groups attached to an aromatic ring is 1. The first kappa shape index (κ1) is 14.1. The van der Waals surface area contributed by atoms with Gasteiger partial charge in [-0.3, -0.25) is 4.90 Å². The summed E-state index contributed by atoms with van der Waals surface area (Å²) in [6.07, 6.45) is 1.85. The molecule has 2 N–H and O–H groups in total. The van der Waals surface area contributed by atoms with Gasteiger partial charge >= 0.3 is 0 Å². The van der Waals surface area contributed by atoms with Gasteiger partial charge in [-0.25, -0.2) is 4.98 Å². The van der Waals surface area contributed by atoms with Gasteiger partial charge < -0.3 is 15.5 Å². The van der Waals surface area contributed by atoms with E-state index in [0.29, 0.717) is 0 Å². The summed E-state index contributed by atoms with van der Waals surface area (Å²) >= 11 is 0. The third-order valence-corrected chi connectivity index (χ3v) is 3.72. The van der Waals surface area contributed by atoms with Crippen LogP contribution in [0.5, 0.6) is 0 Å². The minimum Gasteiger partial charge on any atom is -0.396 e. The van der Waals surface area contributed by atoms with Gasteiger partial charge in [0.05, 0.1) is 5.69 Å². The second kappa shape index (κ2) is 6.21. The van der Waals surface area contributed by atoms with Crippen molar-refractivity contribution in [1.82, 2.24) is 14.8 Å². The molecule has 2 rings (SSSR count). The summed E-state index contributed by atoms with van der Waals surface area (Å²) in [5.41, 5.74) is 8.06. The molecule has 1 aliphatic heterocycles. The van der Waals surface area contributed by atoms with Crippen molar-refractivity contribution in [2.75, 3.05) is 64.0 Å². The van der Waals surface area contributed by atoms with Crippen molar-refractivity contribution in [3.8, 4) is 0 Å². The summed E-state index contributed by atoms with van der Waals surface area (Å²) in [5.74, 6) is 0.951. The summed E-state index contributed by atoms with van der Waals surface area (Å²) in [6, 6.07) is 1.96. The van der Waals surface area contributed by atoms with Gasteiger partial charge in [-0.05, 0) is 32.6 Å². The average Bonchev–Trinajstić information content (AvgIpc) is 2.40. The van der Waals surface area contributed by atoms with Gasteiger partial charge in [0.1, 0.15) is 0 Å². The minimum atomic E-state index is 0.823. The number of rotatable bonds is 4. The highest BCUT2D eigenvalue weighted by molar-refractivity contribution is 5.66. The van der Waals surface area contributed by atoms with Crippen LogP contribution < -0.4 is 10.6 Å². The van der Waals surface area contributed by atoms with Crippen molar-refractivity contribution in [3.63, 3.8) is 0 Å². The molecule has 0 aliphatic carbocycles. The molecule has 0 spiro atoms. The molecule has 19 heavy (non-hydrogen) atoms. The number of aromatic nitrogens is 1. The van der Waals surface area contributed by atoms with Gasteiger partial charge in [0, 0.05) is 45.5 Å². The number of nitrogens with two attached hydrogens (primary N) is 1. The number of pyridine rings is 1. The third kappa shape index (κ3) is 3.58. The van der Waals surface area contributed by atoms with Crippen LogP contribution in [0.15, 0.2) is 12.3 Å². The van der Waals surface area contributed by atoms with Crippen LogP contribution in [-0.4, -0.2) is 68.1 Å². The van der Waals surface area contributed by atoms with Crippen LogP contribution in [0.4, 0.5) is 11.5 Å². The maximum atomic E-state index is 6.12. The van der Waals surface area contributed by atoms with Crippen LogP contribution in [-0.2, 0) is 0 Å². The molecule has 5 heteroatoms. The van der Waals surface area contributed by atoms with E-state index in [0.717, 1.165) is 56.3 Å². The number of piperazine rings is 1. The Morgan fingerprint density at radius 1 is 1.26 bits per heavy atom. The van der Waals surface area contributed by atoms with Crippen LogP contribution in [0, 0.1) is 6.92 Å². The first-order valence-electron chi connectivity index (χ1n) is 6.91. The fraction of sp³-hybridized carbons (Fsp3) is 0.643. The van der Waals surface area contributed by atoms with E-state index in [-0.39, 0.29) is 0 Å². The smallest absolute Gasteiger partial charge is 0.152 e. The first-order valence-corrected chi connectivity index (χ1v) is 6.91. The molecule has 0 bridgehead atoms. The van der Waals surface area contributed by atoms with E-state index >= 15 is 0 Å². The summed E-state index contributed by atoms with van der Waals surface area (Å²) < 4.78 is 0. The van der Waals surface area contributed by atoms with Gasteiger partial charge in [-0.2, -0.15) is 0 Å². The van der Waals surface area contributed by atoms with Crippen molar-refractivity contribution in [2.24, 2.45) is 0 Å². The lowest BCUT2D eigenvalue weighted by Crippen LogP contribution is -2.48. The monoisotopic (exact) mass is 263 g/mol. The molecule has 0 saturated carbocycles. The topological polar surface area (TPSA) is 48.6 Å². The van der Waals surface area contributed by atoms with E-state index in [1.165, 1.54) is 0 Å². The molecule has 0 amide bonds. The second-order valence-electron chi connectivity index (χ2n) is 5.50. The number of hydrogen-bond acceptors (Lipinski definition) is 5. The van der Waals surface area contributed by atoms with Crippen LogP contribution >= 0.6 is 0 Å². The van der Waals surface area contributed by atoms with E-state index in [9.17, 15) is 0 Å². The SMILES string of the molecule is Cc1ccnc(N2CCN(CCN(C)C)CC2)c1N. The summed E-state index contributed by atoms with van der Waals surface area (Å²) in [7, 11) is 4.24. The van der Waals surface area contributed by atoms with Crippen LogP contribution in [0.3, 0.4) is 0 Å². The van der Waals surface area contributed by atoms with Crippen molar-refractivity contribution >= 4 is 11.5 Å². The number of hydrogen-bond donors (Lipinski definition) is 1. The molecule has 0 radical (unpaired) electrons. The molecule has 106 valence electrons. The van der Waals surface area contributed by atoms with Crippen LogP contribution in [0.1, 0.15) is 5.56 Å². The first-order chi connectivity index (χ1) is 9.08. The van der Waals surface area contributed by atoms with Crippen LogP contribution in [0.2, 0.25) is 0 Å². The average molecular weight is 263 g/mol. The van der Waals surface area contributed by atoms with E-state index < -0.39 is 0 Å². The zero-order valence-corrected chi connectivity index (χ0v) is 12.3. The zero-order chi connectivity index (χ0) is 13.8. The lowest BCUT2D eigenvalue weighted by molar-refractivity contribution is 0.229. The third-order valence-electron chi connectivity index (χ3n) is 3.72. The highest BCUT2D eigenvalue weighted by Crippen LogP contribution is 2.24. The van der Waals surface area contributed by atoms with Gasteiger partial charge in [-0.15, -0.1) is 0 Å². The molecule has 0 aromatic carbocycles. The Bertz CT molecular complexity index is 410. The maximum Gasteiger partial charge on any atom is 0.152 e. The fourth-order valence-electron chi connectivity index (χ4n) is 2.33. The molecule has 1 aliphatic rings. The Hall–Kier alpha value is -1.33. The standard InChI is InChI=1S/C14H25N5/c1-12-4-5-16-14(13(12)15)19-10-8-18(9-11-19)7-6-17(2)3/h4-5H,6-11,15H2,1-3H3. The maximum absolute atomic E-state index is 6.12. The van der Waals surface area contributed by atoms with Crippen LogP contribution in [0.25, 0.3) is 0 Å². The molecule has 1 fully saturated rings. The van der Waals surface area contributed by atoms with E-state index in [4.69, 9.17) is 5.73 Å². The van der Waals surface area contributed by atoms with Crippen molar-refractivity contribution in [3.05, 3.63) is 17.8 Å². The molecular formula is C14H25N5. The van der Waals surface area contributed by atoms with Crippen molar-refractivity contribution in [2.45, 2.75) is 6.92 Å². The summed E-state index contributed by atoms with van der Waals surface area (Å²) in [4.78, 5) is 11.5. The molecule has 1 aromatic heterocycles. The number of nitrogens with zero attached hydrogens (tertiary/aromatic N) is 4. The van der Waals surface area contributed by atoms with Gasteiger partial charge in [0.25, 0.3) is 0 Å². The number of anilines is 2. The molecule has 2 heterocycles. The van der Waals surface area contributed by atoms with E-state index in [1.807, 2.05) is 19.2 Å². The fourth-order valence-corrected chi connectivity index (χ4v) is 2.33. The lowest BCUT2D eigenvalue weighted by Gasteiger charge is -2.36. The Morgan fingerprint density at radius 3 is 2.58 bits per heavy atom. The summed E-state index contributed by atoms with van der Waals surface area (Å²) in [6.45, 7) is 8.48. The molecule has 0 unspecified atom stereocenters. The zero-order valence-electron chi connectivity index (χ0n) is 12.3. The Morgan fingerprint density at radius 2 is 1.95 bits per heavy atom. The highest BCUT2D eigenvalue weighted by Gasteiger charge is 2.19. The normalized spacial score (nSPS) is 17.2. The minimum absolute atomic E-state index is 0.823. The van der Waals surface area contributed by atoms with E-state index in [2.05, 4.69) is 33.8 Å². The number of likely N-dealkylation sites (N-methyl/N-ethyl adjacent to an activating group) is 1. The predicted octanol–water partition coefficient (Wildman–Crippen LogP) is 0.656. The van der Waals surface area contributed by atoms with E-state index in [1.54, 1.807) is 0 Å². The highest BCUT2D eigenvalue weighted by atomic mass is 15.3. The van der Waals surface area contributed by atoms with Crippen molar-refractivity contribution in [1.29, 1.82) is 0 Å². The second-order valence-corrected chi connectivity index (χ2v) is 5.50. The van der Waals surface area contributed by atoms with Gasteiger partial charge in [0.2, 0.25) is 0 Å². The van der Waals surface area contributed by atoms with Crippen molar-refractivity contribution < 1.29 is 0 Å². The molecule has 0 atom stereocenters. The van der Waals surface area contributed by atoms with Gasteiger partial charge in [-0.1, -0.05) is 0 Å². The Balaban J connectivity index is 1.91. The predicted molar refractivity (Wildman–Crippen MR) is 80.6 cm³/mol. The Labute approximate surface area is 116 Å². The lowest BCUT2D eigenvalue weighted by atomic mass is 10.2. The summed E-state index contributed by atoms with van der Waals surface area (Å²) in [5, 5.41) is 0.